The average Bonchev–Trinajstić information content (AvgIpc) is 3.46. The summed E-state index contributed by atoms with van der Waals surface area (Å²) in [6, 6.07) is 14.3. The number of para-hydroxylation sites is 2. The van der Waals surface area contributed by atoms with E-state index in [2.05, 4.69) is 0 Å². The van der Waals surface area contributed by atoms with Crippen LogP contribution in [0.2, 0.25) is 0 Å². The summed E-state index contributed by atoms with van der Waals surface area (Å²) in [5, 5.41) is 20.0. The fourth-order valence-corrected chi connectivity index (χ4v) is 2.91. The summed E-state index contributed by atoms with van der Waals surface area (Å²) in [6.07, 6.45) is 0. The summed E-state index contributed by atoms with van der Waals surface area (Å²) < 4.78 is 16.9. The Kier molecular flexibility index (Phi) is 3.30. The molecule has 5 nitrogen and oxygen atoms in total. The van der Waals surface area contributed by atoms with E-state index in [9.17, 15) is 10.2 Å². The lowest BCUT2D eigenvalue weighted by Gasteiger charge is -2.17. The van der Waals surface area contributed by atoms with Crippen molar-refractivity contribution in [3.63, 3.8) is 0 Å². The van der Waals surface area contributed by atoms with Gasteiger partial charge in [-0.05, 0) is 12.1 Å². The molecule has 2 aromatic rings. The normalized spacial score (nSPS) is 28.5. The number of phenols is 2. The van der Waals surface area contributed by atoms with Crippen molar-refractivity contribution in [2.75, 3.05) is 26.4 Å². The standard InChI is InChI=1S/C18H18O5/c19-15-7-3-1-5-13(15)17(11-22-17)9-21-10-18(12-23-18)14-6-2-4-8-16(14)20/h1-8,19-20H,9-12H2. The number of aromatic hydroxyl groups is 2. The van der Waals surface area contributed by atoms with E-state index in [0.717, 1.165) is 11.1 Å². The van der Waals surface area contributed by atoms with Crippen molar-refractivity contribution in [3.8, 4) is 11.5 Å². The van der Waals surface area contributed by atoms with Gasteiger partial charge in [-0.25, -0.2) is 0 Å². The van der Waals surface area contributed by atoms with Gasteiger partial charge in [0.1, 0.15) is 22.7 Å². The molecule has 0 spiro atoms. The topological polar surface area (TPSA) is 74.8 Å². The van der Waals surface area contributed by atoms with Crippen LogP contribution in [0.5, 0.6) is 11.5 Å². The van der Waals surface area contributed by atoms with E-state index in [0.29, 0.717) is 26.4 Å². The van der Waals surface area contributed by atoms with Crippen LogP contribution in [0.1, 0.15) is 11.1 Å². The molecule has 0 aromatic heterocycles. The Balaban J connectivity index is 1.43. The minimum Gasteiger partial charge on any atom is -0.508 e. The van der Waals surface area contributed by atoms with Crippen LogP contribution in [0.3, 0.4) is 0 Å². The molecule has 2 heterocycles. The van der Waals surface area contributed by atoms with E-state index < -0.39 is 11.2 Å². The maximum Gasteiger partial charge on any atom is 0.143 e. The molecule has 2 aromatic carbocycles. The van der Waals surface area contributed by atoms with Crippen molar-refractivity contribution in [2.24, 2.45) is 0 Å². The SMILES string of the molecule is Oc1ccccc1C1(COCC2(c3ccccc3O)CO2)CO1. The summed E-state index contributed by atoms with van der Waals surface area (Å²) in [6.45, 7) is 1.72. The zero-order valence-electron chi connectivity index (χ0n) is 12.6. The van der Waals surface area contributed by atoms with Gasteiger partial charge in [-0.15, -0.1) is 0 Å². The van der Waals surface area contributed by atoms with Crippen LogP contribution in [0, 0.1) is 0 Å². The number of hydrogen-bond donors (Lipinski definition) is 2. The van der Waals surface area contributed by atoms with Gasteiger partial charge < -0.3 is 24.4 Å². The summed E-state index contributed by atoms with van der Waals surface area (Å²) in [4.78, 5) is 0. The molecule has 4 rings (SSSR count). The minimum absolute atomic E-state index is 0.215. The van der Waals surface area contributed by atoms with Crippen LogP contribution in [-0.2, 0) is 25.4 Å². The Morgan fingerprint density at radius 3 is 1.52 bits per heavy atom. The third-order valence-electron chi connectivity index (χ3n) is 4.45. The van der Waals surface area contributed by atoms with Gasteiger partial charge in [0.25, 0.3) is 0 Å². The summed E-state index contributed by atoms with van der Waals surface area (Å²) in [5.74, 6) is 0.429. The Hall–Kier alpha value is -2.08. The van der Waals surface area contributed by atoms with E-state index in [-0.39, 0.29) is 11.5 Å². The lowest BCUT2D eigenvalue weighted by molar-refractivity contribution is 0.0391. The summed E-state index contributed by atoms with van der Waals surface area (Å²) in [7, 11) is 0. The van der Waals surface area contributed by atoms with Gasteiger partial charge >= 0.3 is 0 Å². The number of benzene rings is 2. The van der Waals surface area contributed by atoms with Gasteiger partial charge in [0.15, 0.2) is 0 Å². The predicted molar refractivity (Wildman–Crippen MR) is 82.3 cm³/mol. The number of hydrogen-bond acceptors (Lipinski definition) is 5. The van der Waals surface area contributed by atoms with Crippen molar-refractivity contribution >= 4 is 0 Å². The highest BCUT2D eigenvalue weighted by Gasteiger charge is 2.52. The molecule has 0 saturated carbocycles. The van der Waals surface area contributed by atoms with Gasteiger partial charge in [-0.2, -0.15) is 0 Å². The van der Waals surface area contributed by atoms with Crippen molar-refractivity contribution in [1.29, 1.82) is 0 Å². The van der Waals surface area contributed by atoms with E-state index in [1.807, 2.05) is 24.3 Å². The number of ether oxygens (including phenoxy) is 3. The summed E-state index contributed by atoms with van der Waals surface area (Å²) in [5.41, 5.74) is 0.349. The highest BCUT2D eigenvalue weighted by molar-refractivity contribution is 5.40. The molecular formula is C18H18O5. The Morgan fingerprint density at radius 1 is 0.783 bits per heavy atom. The maximum atomic E-state index is 9.98. The van der Waals surface area contributed by atoms with Gasteiger partial charge in [0, 0.05) is 11.1 Å². The molecule has 2 aliphatic rings. The molecular weight excluding hydrogens is 296 g/mol. The van der Waals surface area contributed by atoms with E-state index >= 15 is 0 Å². The fourth-order valence-electron chi connectivity index (χ4n) is 2.91. The second-order valence-electron chi connectivity index (χ2n) is 6.09. The quantitative estimate of drug-likeness (QED) is 0.800. The van der Waals surface area contributed by atoms with Crippen LogP contribution < -0.4 is 0 Å². The zero-order chi connectivity index (χ0) is 15.9. The fraction of sp³-hybridized carbons (Fsp3) is 0.333. The van der Waals surface area contributed by atoms with Crippen molar-refractivity contribution in [3.05, 3.63) is 59.7 Å². The molecule has 2 atom stereocenters. The molecule has 120 valence electrons. The molecule has 0 bridgehead atoms. The lowest BCUT2D eigenvalue weighted by Crippen LogP contribution is -2.23. The number of rotatable bonds is 6. The maximum absolute atomic E-state index is 9.98. The van der Waals surface area contributed by atoms with Crippen molar-refractivity contribution in [2.45, 2.75) is 11.2 Å². The van der Waals surface area contributed by atoms with Gasteiger partial charge in [0.05, 0.1) is 26.4 Å². The smallest absolute Gasteiger partial charge is 0.143 e. The zero-order valence-corrected chi connectivity index (χ0v) is 12.6. The van der Waals surface area contributed by atoms with Gasteiger partial charge in [-0.1, -0.05) is 36.4 Å². The molecule has 5 heteroatoms. The molecule has 2 unspecified atom stereocenters. The van der Waals surface area contributed by atoms with Crippen LogP contribution in [0.15, 0.2) is 48.5 Å². The van der Waals surface area contributed by atoms with Crippen LogP contribution in [0.25, 0.3) is 0 Å². The molecule has 23 heavy (non-hydrogen) atoms. The first-order chi connectivity index (χ1) is 11.2. The third-order valence-corrected chi connectivity index (χ3v) is 4.45. The monoisotopic (exact) mass is 314 g/mol. The molecule has 2 aliphatic heterocycles. The third kappa shape index (κ3) is 2.57. The second kappa shape index (κ2) is 5.23. The number of phenolic OH excluding ortho intramolecular Hbond substituents is 2. The van der Waals surface area contributed by atoms with Crippen LogP contribution in [-0.4, -0.2) is 36.6 Å². The molecule has 2 N–H and O–H groups in total. The first-order valence-electron chi connectivity index (χ1n) is 7.58. The molecule has 0 radical (unpaired) electrons. The Morgan fingerprint density at radius 2 is 1.17 bits per heavy atom. The number of epoxide rings is 2. The second-order valence-corrected chi connectivity index (χ2v) is 6.09. The first kappa shape index (κ1) is 14.5. The van der Waals surface area contributed by atoms with Crippen molar-refractivity contribution in [1.82, 2.24) is 0 Å². The predicted octanol–water partition coefficient (Wildman–Crippen LogP) is 2.27. The molecule has 2 saturated heterocycles. The molecule has 0 aliphatic carbocycles. The van der Waals surface area contributed by atoms with Crippen molar-refractivity contribution < 1.29 is 24.4 Å². The molecule has 0 amide bonds. The minimum atomic E-state index is -0.569. The largest absolute Gasteiger partial charge is 0.508 e. The van der Waals surface area contributed by atoms with E-state index in [1.165, 1.54) is 0 Å². The van der Waals surface area contributed by atoms with E-state index in [4.69, 9.17) is 14.2 Å². The molecule has 2 fully saturated rings. The van der Waals surface area contributed by atoms with Gasteiger partial charge in [-0.3, -0.25) is 0 Å². The van der Waals surface area contributed by atoms with Crippen LogP contribution in [0.4, 0.5) is 0 Å². The highest BCUT2D eigenvalue weighted by atomic mass is 16.6. The van der Waals surface area contributed by atoms with Gasteiger partial charge in [0.2, 0.25) is 0 Å². The summed E-state index contributed by atoms with van der Waals surface area (Å²) >= 11 is 0. The first-order valence-corrected chi connectivity index (χ1v) is 7.58. The lowest BCUT2D eigenvalue weighted by atomic mass is 9.98. The van der Waals surface area contributed by atoms with E-state index in [1.54, 1.807) is 24.3 Å². The highest BCUT2D eigenvalue weighted by Crippen LogP contribution is 2.46. The Bertz CT molecular complexity index is 657. The Labute approximate surface area is 134 Å². The van der Waals surface area contributed by atoms with Crippen LogP contribution >= 0.6 is 0 Å². The average molecular weight is 314 g/mol.